The largest absolute Gasteiger partial charge is 0.370 e. The topological polar surface area (TPSA) is 53.0 Å². The van der Waals surface area contributed by atoms with Crippen LogP contribution in [0.3, 0.4) is 0 Å². The molecule has 4 heteroatoms. The summed E-state index contributed by atoms with van der Waals surface area (Å²) in [7, 11) is 0. The zero-order valence-corrected chi connectivity index (χ0v) is 12.7. The van der Waals surface area contributed by atoms with E-state index >= 15 is 0 Å². The predicted molar refractivity (Wildman–Crippen MR) is 84.0 cm³/mol. The van der Waals surface area contributed by atoms with Crippen LogP contribution in [0.15, 0.2) is 23.1 Å². The summed E-state index contributed by atoms with van der Waals surface area (Å²) in [5.74, 6) is 1.32. The van der Waals surface area contributed by atoms with Crippen LogP contribution >= 0.6 is 11.8 Å². The van der Waals surface area contributed by atoms with Gasteiger partial charge in [-0.05, 0) is 43.1 Å². The third kappa shape index (κ3) is 2.30. The van der Waals surface area contributed by atoms with Crippen LogP contribution in [0.4, 0.5) is 5.69 Å². The van der Waals surface area contributed by atoms with E-state index in [0.29, 0.717) is 17.9 Å². The Balaban J connectivity index is 1.90. The quantitative estimate of drug-likeness (QED) is 0.850. The highest BCUT2D eigenvalue weighted by Gasteiger charge is 2.39. The van der Waals surface area contributed by atoms with Gasteiger partial charge in [-0.1, -0.05) is 12.5 Å². The smallest absolute Gasteiger partial charge is 0.103 e. The molecule has 0 aromatic heterocycles. The first-order chi connectivity index (χ1) is 9.74. The van der Waals surface area contributed by atoms with Gasteiger partial charge in [0.2, 0.25) is 0 Å². The second kappa shape index (κ2) is 5.67. The third-order valence-electron chi connectivity index (χ3n) is 4.83. The lowest BCUT2D eigenvalue weighted by molar-refractivity contribution is 0.260. The molecule has 3 nitrogen and oxygen atoms in total. The lowest BCUT2D eigenvalue weighted by Gasteiger charge is -2.29. The van der Waals surface area contributed by atoms with Crippen molar-refractivity contribution in [1.29, 1.82) is 5.26 Å². The van der Waals surface area contributed by atoms with Gasteiger partial charge < -0.3 is 10.6 Å². The van der Waals surface area contributed by atoms with Crippen LogP contribution in [0.5, 0.6) is 0 Å². The Morgan fingerprint density at radius 2 is 2.20 bits per heavy atom. The number of benzene rings is 1. The summed E-state index contributed by atoms with van der Waals surface area (Å²) in [5.41, 5.74) is 8.22. The Bertz CT molecular complexity index is 537. The van der Waals surface area contributed by atoms with E-state index in [1.807, 2.05) is 12.3 Å². The number of hydrogen-bond acceptors (Lipinski definition) is 4. The van der Waals surface area contributed by atoms with Gasteiger partial charge in [0, 0.05) is 24.0 Å². The first-order valence-electron chi connectivity index (χ1n) is 7.32. The Morgan fingerprint density at radius 1 is 1.35 bits per heavy atom. The molecule has 1 heterocycles. The fourth-order valence-electron chi connectivity index (χ4n) is 3.78. The van der Waals surface area contributed by atoms with E-state index in [1.165, 1.54) is 12.8 Å². The second-order valence-electron chi connectivity index (χ2n) is 5.89. The summed E-state index contributed by atoms with van der Waals surface area (Å²) in [5, 5.41) is 9.49. The van der Waals surface area contributed by atoms with Gasteiger partial charge in [-0.25, -0.2) is 0 Å². The first kappa shape index (κ1) is 13.8. The Kier molecular flexibility index (Phi) is 3.91. The normalized spacial score (nSPS) is 29.1. The lowest BCUT2D eigenvalue weighted by Crippen LogP contribution is -2.38. The maximum atomic E-state index is 9.49. The van der Waals surface area contributed by atoms with E-state index in [0.717, 1.165) is 35.7 Å². The molecule has 1 aliphatic heterocycles. The van der Waals surface area contributed by atoms with E-state index in [4.69, 9.17) is 5.73 Å². The van der Waals surface area contributed by atoms with Crippen molar-refractivity contribution in [3.63, 3.8) is 0 Å². The Hall–Kier alpha value is -1.18. The summed E-state index contributed by atoms with van der Waals surface area (Å²) in [4.78, 5) is 3.46. The van der Waals surface area contributed by atoms with Crippen molar-refractivity contribution in [3.8, 4) is 6.07 Å². The van der Waals surface area contributed by atoms with Gasteiger partial charge in [-0.15, -0.1) is 11.8 Å². The number of anilines is 1. The van der Waals surface area contributed by atoms with Crippen molar-refractivity contribution < 1.29 is 0 Å². The zero-order chi connectivity index (χ0) is 14.1. The first-order valence-corrected chi connectivity index (χ1v) is 8.54. The molecule has 106 valence electrons. The molecule has 0 amide bonds. The molecule has 0 radical (unpaired) electrons. The van der Waals surface area contributed by atoms with Crippen LogP contribution < -0.4 is 10.6 Å². The highest BCUT2D eigenvalue weighted by molar-refractivity contribution is 7.98. The molecule has 3 atom stereocenters. The van der Waals surface area contributed by atoms with Gasteiger partial charge >= 0.3 is 0 Å². The number of nitrogens with zero attached hydrogens (tertiary/aromatic N) is 2. The molecule has 2 N–H and O–H groups in total. The molecule has 1 aliphatic carbocycles. The lowest BCUT2D eigenvalue weighted by atomic mass is 9.78. The molecule has 1 aromatic rings. The van der Waals surface area contributed by atoms with Crippen LogP contribution in [-0.4, -0.2) is 25.4 Å². The summed E-state index contributed by atoms with van der Waals surface area (Å²) >= 11 is 1.65. The highest BCUT2D eigenvalue weighted by atomic mass is 32.2. The summed E-state index contributed by atoms with van der Waals surface area (Å²) in [6, 6.07) is 8.90. The minimum Gasteiger partial charge on any atom is -0.370 e. The molecule has 0 bridgehead atoms. The number of rotatable bonds is 2. The van der Waals surface area contributed by atoms with Crippen LogP contribution in [0.2, 0.25) is 0 Å². The fourth-order valence-corrected chi connectivity index (χ4v) is 4.35. The second-order valence-corrected chi connectivity index (χ2v) is 6.74. The molecule has 1 saturated carbocycles. The average Bonchev–Trinajstić information content (AvgIpc) is 2.91. The van der Waals surface area contributed by atoms with Crippen molar-refractivity contribution in [2.24, 2.45) is 17.6 Å². The van der Waals surface area contributed by atoms with Gasteiger partial charge in [0.15, 0.2) is 0 Å². The van der Waals surface area contributed by atoms with E-state index in [9.17, 15) is 5.26 Å². The Morgan fingerprint density at radius 3 is 2.90 bits per heavy atom. The van der Waals surface area contributed by atoms with Crippen LogP contribution in [0.1, 0.15) is 24.8 Å². The maximum Gasteiger partial charge on any atom is 0.103 e. The third-order valence-corrected chi connectivity index (χ3v) is 5.61. The van der Waals surface area contributed by atoms with Gasteiger partial charge in [0.1, 0.15) is 6.07 Å². The summed E-state index contributed by atoms with van der Waals surface area (Å²) < 4.78 is 0. The molecule has 1 saturated heterocycles. The number of thioether (sulfide) groups is 1. The molecule has 3 rings (SSSR count). The predicted octanol–water partition coefficient (Wildman–Crippen LogP) is 2.84. The average molecular weight is 287 g/mol. The number of fused-ring (bicyclic) bond motifs is 1. The van der Waals surface area contributed by atoms with Crippen molar-refractivity contribution in [2.45, 2.75) is 30.2 Å². The van der Waals surface area contributed by atoms with E-state index in [1.54, 1.807) is 11.8 Å². The van der Waals surface area contributed by atoms with Crippen molar-refractivity contribution in [3.05, 3.63) is 23.8 Å². The minimum atomic E-state index is 0.341. The maximum absolute atomic E-state index is 9.49. The SMILES string of the molecule is CSc1cccc(N2CC3CCCC(N)C3C2)c1C#N. The van der Waals surface area contributed by atoms with Crippen LogP contribution in [-0.2, 0) is 0 Å². The van der Waals surface area contributed by atoms with Gasteiger partial charge in [-0.2, -0.15) is 5.26 Å². The van der Waals surface area contributed by atoms with Gasteiger partial charge in [0.25, 0.3) is 0 Å². The minimum absolute atomic E-state index is 0.341. The summed E-state index contributed by atoms with van der Waals surface area (Å²) in [6.07, 6.45) is 5.73. The van der Waals surface area contributed by atoms with Crippen molar-refractivity contribution in [2.75, 3.05) is 24.2 Å². The van der Waals surface area contributed by atoms with E-state index < -0.39 is 0 Å². The van der Waals surface area contributed by atoms with Crippen LogP contribution in [0, 0.1) is 23.2 Å². The van der Waals surface area contributed by atoms with Gasteiger partial charge in [-0.3, -0.25) is 0 Å². The van der Waals surface area contributed by atoms with Crippen LogP contribution in [0.25, 0.3) is 0 Å². The Labute approximate surface area is 125 Å². The van der Waals surface area contributed by atoms with Crippen molar-refractivity contribution >= 4 is 17.4 Å². The molecule has 20 heavy (non-hydrogen) atoms. The molecule has 3 unspecified atom stereocenters. The molecule has 1 aromatic carbocycles. The van der Waals surface area contributed by atoms with E-state index in [-0.39, 0.29) is 0 Å². The highest BCUT2D eigenvalue weighted by Crippen LogP contribution is 2.39. The number of nitrogens with two attached hydrogens (primary N) is 1. The monoisotopic (exact) mass is 287 g/mol. The molecule has 2 aliphatic rings. The molecular formula is C16H21N3S. The standard InChI is InChI=1S/C16H21N3S/c1-20-16-7-3-6-15(12(16)8-17)19-9-11-4-2-5-14(18)13(11)10-19/h3,6-7,11,13-14H,2,4-5,9-10,18H2,1H3. The molecule has 0 spiro atoms. The van der Waals surface area contributed by atoms with E-state index in [2.05, 4.69) is 23.1 Å². The molecular weight excluding hydrogens is 266 g/mol. The number of nitriles is 1. The zero-order valence-electron chi connectivity index (χ0n) is 11.9. The number of hydrogen-bond donors (Lipinski definition) is 1. The summed E-state index contributed by atoms with van der Waals surface area (Å²) in [6.45, 7) is 2.07. The fraction of sp³-hybridized carbons (Fsp3) is 0.562. The molecule has 2 fully saturated rings. The van der Waals surface area contributed by atoms with Crippen molar-refractivity contribution in [1.82, 2.24) is 0 Å². The van der Waals surface area contributed by atoms with Gasteiger partial charge in [0.05, 0.1) is 11.3 Å².